The number of benzene rings is 1. The molecule has 96 valence electrons. The van der Waals surface area contributed by atoms with Crippen LogP contribution in [-0.2, 0) is 4.79 Å². The minimum absolute atomic E-state index is 0.154. The average molecular weight is 248 g/mol. The van der Waals surface area contributed by atoms with Crippen molar-refractivity contribution in [2.75, 3.05) is 13.2 Å². The first-order chi connectivity index (χ1) is 8.75. The van der Waals surface area contributed by atoms with Gasteiger partial charge in [-0.15, -0.1) is 0 Å². The van der Waals surface area contributed by atoms with E-state index in [0.29, 0.717) is 19.6 Å². The largest absolute Gasteiger partial charge is 0.490 e. The van der Waals surface area contributed by atoms with Crippen LogP contribution in [0.2, 0.25) is 0 Å². The molecular formula is C14H16O4. The van der Waals surface area contributed by atoms with Crippen LogP contribution in [0.4, 0.5) is 0 Å². The summed E-state index contributed by atoms with van der Waals surface area (Å²) in [4.78, 5) is 10.4. The molecular weight excluding hydrogens is 232 g/mol. The summed E-state index contributed by atoms with van der Waals surface area (Å²) in [6.45, 7) is 1.35. The predicted octanol–water partition coefficient (Wildman–Crippen LogP) is 2.73. The van der Waals surface area contributed by atoms with E-state index in [1.807, 2.05) is 30.4 Å². The van der Waals surface area contributed by atoms with Gasteiger partial charge in [0.25, 0.3) is 0 Å². The van der Waals surface area contributed by atoms with Crippen LogP contribution in [0, 0.1) is 0 Å². The lowest BCUT2D eigenvalue weighted by Crippen LogP contribution is -1.97. The normalized spacial score (nSPS) is 14.4. The standard InChI is InChI=1S/C14H16O4/c15-14(16)5-2-1-4-11-6-7-12-13(10-11)18-9-3-8-17-12/h1,4,6-7,10H,2-3,5,8-9H2,(H,15,16)/b4-1+. The molecule has 1 N–H and O–H groups in total. The summed E-state index contributed by atoms with van der Waals surface area (Å²) >= 11 is 0. The zero-order valence-corrected chi connectivity index (χ0v) is 10.1. The smallest absolute Gasteiger partial charge is 0.303 e. The maximum absolute atomic E-state index is 10.4. The van der Waals surface area contributed by atoms with Crippen LogP contribution in [-0.4, -0.2) is 24.3 Å². The second kappa shape index (κ2) is 6.10. The average Bonchev–Trinajstić information content (AvgIpc) is 2.59. The number of hydrogen-bond acceptors (Lipinski definition) is 3. The summed E-state index contributed by atoms with van der Waals surface area (Å²) in [6.07, 6.45) is 5.33. The van der Waals surface area contributed by atoms with Crippen LogP contribution in [0.1, 0.15) is 24.8 Å². The first-order valence-corrected chi connectivity index (χ1v) is 6.04. The highest BCUT2D eigenvalue weighted by Crippen LogP contribution is 2.30. The number of fused-ring (bicyclic) bond motifs is 1. The Morgan fingerprint density at radius 2 is 2.06 bits per heavy atom. The minimum atomic E-state index is -0.779. The van der Waals surface area contributed by atoms with Gasteiger partial charge in [-0.05, 0) is 24.1 Å². The van der Waals surface area contributed by atoms with Gasteiger partial charge in [-0.25, -0.2) is 0 Å². The molecule has 0 aromatic heterocycles. The van der Waals surface area contributed by atoms with Crippen LogP contribution >= 0.6 is 0 Å². The van der Waals surface area contributed by atoms with E-state index in [2.05, 4.69) is 0 Å². The number of carbonyl (C=O) groups is 1. The molecule has 0 saturated carbocycles. The fraction of sp³-hybridized carbons (Fsp3) is 0.357. The Morgan fingerprint density at radius 3 is 2.83 bits per heavy atom. The SMILES string of the molecule is O=C(O)CC/C=C/c1ccc2c(c1)OCCCO2. The van der Waals surface area contributed by atoms with E-state index in [-0.39, 0.29) is 6.42 Å². The maximum Gasteiger partial charge on any atom is 0.303 e. The molecule has 2 rings (SSSR count). The number of rotatable bonds is 4. The molecule has 1 heterocycles. The van der Waals surface area contributed by atoms with Gasteiger partial charge in [0.2, 0.25) is 0 Å². The Hall–Kier alpha value is -1.97. The monoisotopic (exact) mass is 248 g/mol. The Morgan fingerprint density at radius 1 is 1.28 bits per heavy atom. The first-order valence-electron chi connectivity index (χ1n) is 6.04. The number of hydrogen-bond donors (Lipinski definition) is 1. The Balaban J connectivity index is 2.01. The number of allylic oxidation sites excluding steroid dienone is 1. The molecule has 0 amide bonds. The zero-order chi connectivity index (χ0) is 12.8. The van der Waals surface area contributed by atoms with E-state index < -0.39 is 5.97 Å². The maximum atomic E-state index is 10.4. The van der Waals surface area contributed by atoms with Gasteiger partial charge < -0.3 is 14.6 Å². The third kappa shape index (κ3) is 3.52. The highest BCUT2D eigenvalue weighted by molar-refractivity contribution is 5.67. The molecule has 1 aliphatic heterocycles. The van der Waals surface area contributed by atoms with Crippen LogP contribution in [0.5, 0.6) is 11.5 Å². The number of carboxylic acids is 1. The van der Waals surface area contributed by atoms with E-state index in [4.69, 9.17) is 14.6 Å². The van der Waals surface area contributed by atoms with Crippen molar-refractivity contribution in [2.45, 2.75) is 19.3 Å². The summed E-state index contributed by atoms with van der Waals surface area (Å²) in [5.41, 5.74) is 0.990. The molecule has 0 fully saturated rings. The third-order valence-electron chi connectivity index (χ3n) is 2.61. The van der Waals surface area contributed by atoms with Crippen LogP contribution in [0.25, 0.3) is 6.08 Å². The van der Waals surface area contributed by atoms with E-state index in [0.717, 1.165) is 23.5 Å². The fourth-order valence-electron chi connectivity index (χ4n) is 1.71. The van der Waals surface area contributed by atoms with Crippen molar-refractivity contribution >= 4 is 12.0 Å². The zero-order valence-electron chi connectivity index (χ0n) is 10.1. The van der Waals surface area contributed by atoms with E-state index in [1.165, 1.54) is 0 Å². The molecule has 0 radical (unpaired) electrons. The molecule has 0 bridgehead atoms. The minimum Gasteiger partial charge on any atom is -0.490 e. The summed E-state index contributed by atoms with van der Waals surface area (Å²) in [5, 5.41) is 8.53. The summed E-state index contributed by atoms with van der Waals surface area (Å²) in [5.74, 6) is 0.751. The topological polar surface area (TPSA) is 55.8 Å². The van der Waals surface area contributed by atoms with Crippen LogP contribution < -0.4 is 9.47 Å². The van der Waals surface area contributed by atoms with Gasteiger partial charge in [0, 0.05) is 12.8 Å². The molecule has 1 aromatic carbocycles. The van der Waals surface area contributed by atoms with Crippen molar-refractivity contribution in [3.05, 3.63) is 29.8 Å². The molecule has 4 heteroatoms. The van der Waals surface area contributed by atoms with Crippen LogP contribution in [0.3, 0.4) is 0 Å². The number of ether oxygens (including phenoxy) is 2. The second-order valence-electron chi connectivity index (χ2n) is 4.09. The van der Waals surface area contributed by atoms with Crippen LogP contribution in [0.15, 0.2) is 24.3 Å². The summed E-state index contributed by atoms with van der Waals surface area (Å²) in [6, 6.07) is 5.74. The lowest BCUT2D eigenvalue weighted by molar-refractivity contribution is -0.136. The summed E-state index contributed by atoms with van der Waals surface area (Å²) < 4.78 is 11.1. The highest BCUT2D eigenvalue weighted by atomic mass is 16.5. The predicted molar refractivity (Wildman–Crippen MR) is 68.0 cm³/mol. The van der Waals surface area contributed by atoms with Gasteiger partial charge in [0.15, 0.2) is 11.5 Å². The Bertz CT molecular complexity index is 451. The van der Waals surface area contributed by atoms with Crippen molar-refractivity contribution in [2.24, 2.45) is 0 Å². The molecule has 0 aliphatic carbocycles. The van der Waals surface area contributed by atoms with Crippen molar-refractivity contribution in [1.82, 2.24) is 0 Å². The first kappa shape index (κ1) is 12.5. The molecule has 18 heavy (non-hydrogen) atoms. The molecule has 1 aromatic rings. The Labute approximate surface area is 106 Å². The van der Waals surface area contributed by atoms with Gasteiger partial charge in [-0.1, -0.05) is 18.2 Å². The molecule has 0 unspecified atom stereocenters. The molecule has 4 nitrogen and oxygen atoms in total. The van der Waals surface area contributed by atoms with Gasteiger partial charge in [-0.3, -0.25) is 4.79 Å². The lowest BCUT2D eigenvalue weighted by Gasteiger charge is -2.07. The summed E-state index contributed by atoms with van der Waals surface area (Å²) in [7, 11) is 0. The van der Waals surface area contributed by atoms with Crippen molar-refractivity contribution in [1.29, 1.82) is 0 Å². The van der Waals surface area contributed by atoms with E-state index in [9.17, 15) is 4.79 Å². The molecule has 0 atom stereocenters. The molecule has 1 aliphatic rings. The highest BCUT2D eigenvalue weighted by Gasteiger charge is 2.09. The lowest BCUT2D eigenvalue weighted by atomic mass is 10.1. The van der Waals surface area contributed by atoms with Crippen molar-refractivity contribution < 1.29 is 19.4 Å². The van der Waals surface area contributed by atoms with Gasteiger partial charge in [0.05, 0.1) is 13.2 Å². The number of aliphatic carboxylic acids is 1. The van der Waals surface area contributed by atoms with E-state index >= 15 is 0 Å². The van der Waals surface area contributed by atoms with E-state index in [1.54, 1.807) is 0 Å². The fourth-order valence-corrected chi connectivity index (χ4v) is 1.71. The quantitative estimate of drug-likeness (QED) is 0.890. The Kier molecular flexibility index (Phi) is 4.23. The second-order valence-corrected chi connectivity index (χ2v) is 4.09. The van der Waals surface area contributed by atoms with Crippen molar-refractivity contribution in [3.8, 4) is 11.5 Å². The van der Waals surface area contributed by atoms with Crippen molar-refractivity contribution in [3.63, 3.8) is 0 Å². The van der Waals surface area contributed by atoms with Gasteiger partial charge in [-0.2, -0.15) is 0 Å². The van der Waals surface area contributed by atoms with Gasteiger partial charge in [0.1, 0.15) is 0 Å². The third-order valence-corrected chi connectivity index (χ3v) is 2.61. The molecule has 0 saturated heterocycles. The number of carboxylic acid groups (broad SMARTS) is 1. The molecule has 0 spiro atoms. The van der Waals surface area contributed by atoms with Gasteiger partial charge >= 0.3 is 5.97 Å².